The van der Waals surface area contributed by atoms with Crippen LogP contribution in [0.5, 0.6) is 0 Å². The number of aliphatic hydroxyl groups excluding tert-OH is 1. The molecule has 0 spiro atoms. The molecule has 0 saturated carbocycles. The van der Waals surface area contributed by atoms with Crippen molar-refractivity contribution in [2.45, 2.75) is 394 Å². The van der Waals surface area contributed by atoms with E-state index in [4.69, 9.17) is 37.0 Å². The monoisotopic (exact) mass is 1350 g/mol. The Morgan fingerprint density at radius 1 is 0.293 bits per heavy atom. The molecule has 0 aromatic heterocycles. The lowest BCUT2D eigenvalue weighted by Crippen LogP contribution is -2.30. The van der Waals surface area contributed by atoms with Crippen LogP contribution in [0.1, 0.15) is 375 Å². The molecule has 17 nitrogen and oxygen atoms in total. The molecule has 0 aliphatic rings. The topological polar surface area (TPSA) is 237 Å². The summed E-state index contributed by atoms with van der Waals surface area (Å²) in [6.45, 7) is 9.46. The van der Waals surface area contributed by atoms with E-state index in [-0.39, 0.29) is 25.7 Å². The minimum atomic E-state index is -4.95. The van der Waals surface area contributed by atoms with Gasteiger partial charge in [-0.05, 0) is 37.5 Å². The summed E-state index contributed by atoms with van der Waals surface area (Å²) in [6, 6.07) is 0. The fourth-order valence-electron chi connectivity index (χ4n) is 11.1. The predicted molar refractivity (Wildman–Crippen MR) is 372 cm³/mol. The Labute approximate surface area is 562 Å². The second-order valence-electron chi connectivity index (χ2n) is 27.3. The molecule has 92 heavy (non-hydrogen) atoms. The van der Waals surface area contributed by atoms with Crippen LogP contribution in [0, 0.1) is 11.8 Å². The summed E-state index contributed by atoms with van der Waals surface area (Å²) in [5, 5.41) is 10.6. The molecular formula is C73H142O17P2. The first kappa shape index (κ1) is 90.1. The standard InChI is InChI=1S/C73H142O17P2/c1-7-9-11-13-14-15-16-17-18-19-20-21-22-23-24-25-26-34-39-45-51-57-73(78)90-69(62-84-71(76)56-50-44-38-33-29-27-31-36-42-47-53-65(3)4)64-88-92(81,82)86-60-67(74)59-85-91(79,80)87-63-68(61-83-70(75)55-49-41-12-10-8-2)89-72(77)58-52-46-40-35-30-28-32-37-43-48-54-66(5)6/h65-69,74H,7-64H2,1-6H3,(H,79,80)(H,81,82)/t67-,68+,69+/m0/s1. The zero-order valence-electron chi connectivity index (χ0n) is 59.9. The van der Waals surface area contributed by atoms with E-state index in [1.165, 1.54) is 186 Å². The molecule has 0 fully saturated rings. The quantitative estimate of drug-likeness (QED) is 0.0222. The molecule has 19 heteroatoms. The summed E-state index contributed by atoms with van der Waals surface area (Å²) in [5.74, 6) is -0.622. The minimum absolute atomic E-state index is 0.105. The van der Waals surface area contributed by atoms with Gasteiger partial charge in [-0.3, -0.25) is 37.3 Å². The lowest BCUT2D eigenvalue weighted by atomic mass is 10.0. The molecular weight excluding hydrogens is 1210 g/mol. The first-order valence-corrected chi connectivity index (χ1v) is 41.0. The second kappa shape index (κ2) is 65.0. The molecule has 0 heterocycles. The number of ether oxygens (including phenoxy) is 4. The molecule has 0 aromatic rings. The first-order chi connectivity index (χ1) is 44.4. The maximum atomic E-state index is 13.0. The highest BCUT2D eigenvalue weighted by Crippen LogP contribution is 2.45. The van der Waals surface area contributed by atoms with Crippen molar-refractivity contribution in [1.29, 1.82) is 0 Å². The fourth-order valence-corrected chi connectivity index (χ4v) is 12.7. The smallest absolute Gasteiger partial charge is 0.462 e. The van der Waals surface area contributed by atoms with E-state index in [1.54, 1.807) is 0 Å². The Morgan fingerprint density at radius 2 is 0.500 bits per heavy atom. The largest absolute Gasteiger partial charge is 0.472 e. The lowest BCUT2D eigenvalue weighted by Gasteiger charge is -2.21. The van der Waals surface area contributed by atoms with Gasteiger partial charge in [-0.15, -0.1) is 0 Å². The molecule has 3 N–H and O–H groups in total. The summed E-state index contributed by atoms with van der Waals surface area (Å²) in [7, 11) is -9.90. The zero-order chi connectivity index (χ0) is 67.9. The molecule has 0 amide bonds. The molecule has 2 unspecified atom stereocenters. The average molecular weight is 1350 g/mol. The predicted octanol–water partition coefficient (Wildman–Crippen LogP) is 21.2. The average Bonchev–Trinajstić information content (AvgIpc) is 1.63. The number of hydrogen-bond acceptors (Lipinski definition) is 15. The van der Waals surface area contributed by atoms with Crippen molar-refractivity contribution in [2.24, 2.45) is 11.8 Å². The Bertz CT molecular complexity index is 1790. The highest BCUT2D eigenvalue weighted by Gasteiger charge is 2.30. The highest BCUT2D eigenvalue weighted by atomic mass is 31.2. The zero-order valence-corrected chi connectivity index (χ0v) is 61.6. The molecule has 0 aromatic carbocycles. The van der Waals surface area contributed by atoms with Gasteiger partial charge in [-0.1, -0.05) is 324 Å². The second-order valence-corrected chi connectivity index (χ2v) is 30.2. The number of rotatable bonds is 72. The van der Waals surface area contributed by atoms with Gasteiger partial charge in [0.1, 0.15) is 19.3 Å². The van der Waals surface area contributed by atoms with E-state index < -0.39 is 97.5 Å². The number of unbranched alkanes of at least 4 members (excludes halogenated alkanes) is 42. The maximum Gasteiger partial charge on any atom is 0.472 e. The van der Waals surface area contributed by atoms with Crippen molar-refractivity contribution < 1.29 is 80.2 Å². The summed E-state index contributed by atoms with van der Waals surface area (Å²) in [5.41, 5.74) is 0. The SMILES string of the molecule is CCCCCCCCCCCCCCCCCCCCCCCC(=O)O[C@H](COC(=O)CCCCCCCCCCCCC(C)C)COP(=O)(O)OC[C@@H](O)COP(=O)(O)OC[C@@H](COC(=O)CCCCCCC)OC(=O)CCCCCCCCCCCCC(C)C. The molecule has 0 saturated heterocycles. The third kappa shape index (κ3) is 66.7. The van der Waals surface area contributed by atoms with Gasteiger partial charge in [-0.25, -0.2) is 9.13 Å². The van der Waals surface area contributed by atoms with E-state index in [0.717, 1.165) is 108 Å². The molecule has 0 aliphatic carbocycles. The van der Waals surface area contributed by atoms with E-state index in [1.807, 2.05) is 0 Å². The molecule has 546 valence electrons. The van der Waals surface area contributed by atoms with Crippen LogP contribution in [0.15, 0.2) is 0 Å². The van der Waals surface area contributed by atoms with E-state index in [2.05, 4.69) is 41.5 Å². The Hall–Kier alpha value is -1.94. The number of esters is 4. The van der Waals surface area contributed by atoms with Crippen LogP contribution < -0.4 is 0 Å². The van der Waals surface area contributed by atoms with E-state index in [0.29, 0.717) is 25.7 Å². The summed E-state index contributed by atoms with van der Waals surface area (Å²) in [4.78, 5) is 72.4. The van der Waals surface area contributed by atoms with Gasteiger partial charge in [0.2, 0.25) is 0 Å². The fraction of sp³-hybridized carbons (Fsp3) is 0.945. The number of hydrogen-bond donors (Lipinski definition) is 3. The third-order valence-corrected chi connectivity index (χ3v) is 18.9. The van der Waals surface area contributed by atoms with Crippen molar-refractivity contribution in [1.82, 2.24) is 0 Å². The summed E-state index contributed by atoms with van der Waals surface area (Å²) in [6.07, 6.45) is 51.9. The van der Waals surface area contributed by atoms with Crippen LogP contribution in [-0.4, -0.2) is 96.7 Å². The van der Waals surface area contributed by atoms with Gasteiger partial charge < -0.3 is 33.8 Å². The Morgan fingerprint density at radius 3 is 0.739 bits per heavy atom. The van der Waals surface area contributed by atoms with Crippen LogP contribution in [0.3, 0.4) is 0 Å². The van der Waals surface area contributed by atoms with Crippen molar-refractivity contribution in [3.8, 4) is 0 Å². The lowest BCUT2D eigenvalue weighted by molar-refractivity contribution is -0.161. The molecule has 0 bridgehead atoms. The van der Waals surface area contributed by atoms with Crippen molar-refractivity contribution in [2.75, 3.05) is 39.6 Å². The Balaban J connectivity index is 5.11. The molecule has 5 atom stereocenters. The van der Waals surface area contributed by atoms with Gasteiger partial charge in [-0.2, -0.15) is 0 Å². The van der Waals surface area contributed by atoms with E-state index >= 15 is 0 Å². The first-order valence-electron chi connectivity index (χ1n) is 38.0. The van der Waals surface area contributed by atoms with E-state index in [9.17, 15) is 43.2 Å². The van der Waals surface area contributed by atoms with Gasteiger partial charge >= 0.3 is 39.5 Å². The maximum absolute atomic E-state index is 13.0. The van der Waals surface area contributed by atoms with Crippen LogP contribution in [0.2, 0.25) is 0 Å². The minimum Gasteiger partial charge on any atom is -0.462 e. The molecule has 0 radical (unpaired) electrons. The number of aliphatic hydroxyl groups is 1. The highest BCUT2D eigenvalue weighted by molar-refractivity contribution is 7.47. The summed E-state index contributed by atoms with van der Waals surface area (Å²) < 4.78 is 68.2. The van der Waals surface area contributed by atoms with Crippen LogP contribution in [-0.2, 0) is 65.4 Å². The number of carbonyl (C=O) groups excluding carboxylic acids is 4. The number of phosphoric ester groups is 2. The van der Waals surface area contributed by atoms with Crippen molar-refractivity contribution >= 4 is 39.5 Å². The third-order valence-electron chi connectivity index (χ3n) is 17.0. The van der Waals surface area contributed by atoms with Crippen molar-refractivity contribution in [3.63, 3.8) is 0 Å². The molecule has 0 rings (SSSR count). The molecule has 0 aliphatic heterocycles. The van der Waals surface area contributed by atoms with Gasteiger partial charge in [0.05, 0.1) is 26.4 Å². The number of phosphoric acid groups is 2. The Kier molecular flexibility index (Phi) is 63.7. The van der Waals surface area contributed by atoms with Crippen LogP contribution in [0.25, 0.3) is 0 Å². The summed E-state index contributed by atoms with van der Waals surface area (Å²) >= 11 is 0. The normalized spacial score (nSPS) is 14.1. The van der Waals surface area contributed by atoms with Gasteiger partial charge in [0, 0.05) is 25.7 Å². The number of carbonyl (C=O) groups is 4. The van der Waals surface area contributed by atoms with Crippen molar-refractivity contribution in [3.05, 3.63) is 0 Å². The van der Waals surface area contributed by atoms with Crippen LogP contribution >= 0.6 is 15.6 Å². The van der Waals surface area contributed by atoms with Crippen LogP contribution in [0.4, 0.5) is 0 Å². The van der Waals surface area contributed by atoms with Gasteiger partial charge in [0.25, 0.3) is 0 Å². The van der Waals surface area contributed by atoms with Gasteiger partial charge in [0.15, 0.2) is 12.2 Å².